The molecule has 1 aliphatic rings. The van der Waals surface area contributed by atoms with E-state index in [4.69, 9.17) is 4.74 Å². The molecule has 0 amide bonds. The fourth-order valence-corrected chi connectivity index (χ4v) is 3.91. The van der Waals surface area contributed by atoms with Crippen molar-refractivity contribution < 1.29 is 17.5 Å². The lowest BCUT2D eigenvalue weighted by Crippen LogP contribution is -2.24. The molecule has 2 aromatic carbocycles. The largest absolute Gasteiger partial charge is 0.493 e. The third-order valence-electron chi connectivity index (χ3n) is 3.43. The zero-order valence-electron chi connectivity index (χ0n) is 11.5. The highest BCUT2D eigenvalue weighted by atomic mass is 79.9. The van der Waals surface area contributed by atoms with Gasteiger partial charge >= 0.3 is 0 Å². The molecule has 0 bridgehead atoms. The van der Waals surface area contributed by atoms with Crippen LogP contribution in [0.1, 0.15) is 11.1 Å². The zero-order valence-corrected chi connectivity index (χ0v) is 13.9. The van der Waals surface area contributed by atoms with Gasteiger partial charge < -0.3 is 4.74 Å². The molecule has 22 heavy (non-hydrogen) atoms. The summed E-state index contributed by atoms with van der Waals surface area (Å²) in [5.41, 5.74) is 1.87. The number of rotatable bonds is 4. The molecule has 1 heterocycles. The number of hydrogen-bond donors (Lipinski definition) is 1. The molecule has 7 heteroatoms. The fraction of sp³-hybridized carbons (Fsp3) is 0.200. The Balaban J connectivity index is 1.79. The average molecular weight is 386 g/mol. The first kappa shape index (κ1) is 15.5. The minimum absolute atomic E-state index is 0.0988. The van der Waals surface area contributed by atoms with Crippen LogP contribution in [0.4, 0.5) is 4.39 Å². The van der Waals surface area contributed by atoms with Gasteiger partial charge in [-0.15, -0.1) is 0 Å². The van der Waals surface area contributed by atoms with Gasteiger partial charge in [0.15, 0.2) is 5.82 Å². The van der Waals surface area contributed by atoms with Gasteiger partial charge in [-0.3, -0.25) is 0 Å². The molecule has 0 unspecified atom stereocenters. The predicted molar refractivity (Wildman–Crippen MR) is 83.8 cm³/mol. The highest BCUT2D eigenvalue weighted by molar-refractivity contribution is 9.10. The van der Waals surface area contributed by atoms with Crippen molar-refractivity contribution in [2.24, 2.45) is 0 Å². The first-order valence-corrected chi connectivity index (χ1v) is 8.93. The van der Waals surface area contributed by atoms with Gasteiger partial charge in [-0.1, -0.05) is 18.2 Å². The van der Waals surface area contributed by atoms with Crippen molar-refractivity contribution in [3.05, 3.63) is 57.8 Å². The first-order valence-electron chi connectivity index (χ1n) is 6.66. The van der Waals surface area contributed by atoms with Gasteiger partial charge in [0.25, 0.3) is 0 Å². The molecule has 3 rings (SSSR count). The lowest BCUT2D eigenvalue weighted by Gasteiger charge is -2.09. The van der Waals surface area contributed by atoms with Gasteiger partial charge in [-0.05, 0) is 45.3 Å². The summed E-state index contributed by atoms with van der Waals surface area (Å²) in [5, 5.41) is 0. The highest BCUT2D eigenvalue weighted by Gasteiger charge is 2.20. The molecule has 0 saturated carbocycles. The van der Waals surface area contributed by atoms with E-state index in [1.807, 2.05) is 12.1 Å². The van der Waals surface area contributed by atoms with Crippen molar-refractivity contribution >= 4 is 26.0 Å². The molecule has 0 spiro atoms. The molecule has 0 radical (unpaired) electrons. The van der Waals surface area contributed by atoms with Crippen LogP contribution in [0.3, 0.4) is 0 Å². The van der Waals surface area contributed by atoms with Crippen molar-refractivity contribution in [1.29, 1.82) is 0 Å². The second-order valence-corrected chi connectivity index (χ2v) is 7.51. The highest BCUT2D eigenvalue weighted by Crippen LogP contribution is 2.26. The van der Waals surface area contributed by atoms with Gasteiger partial charge in [0.05, 0.1) is 11.1 Å². The minimum atomic E-state index is -3.91. The molecule has 1 N–H and O–H groups in total. The molecular formula is C15H13BrFNO3S. The van der Waals surface area contributed by atoms with Crippen LogP contribution in [0.15, 0.2) is 45.8 Å². The summed E-state index contributed by atoms with van der Waals surface area (Å²) >= 11 is 2.99. The van der Waals surface area contributed by atoms with E-state index < -0.39 is 15.8 Å². The molecule has 4 nitrogen and oxygen atoms in total. The van der Waals surface area contributed by atoms with E-state index in [1.54, 1.807) is 6.07 Å². The summed E-state index contributed by atoms with van der Waals surface area (Å²) in [7, 11) is -3.91. The van der Waals surface area contributed by atoms with Crippen molar-refractivity contribution in [2.75, 3.05) is 6.61 Å². The van der Waals surface area contributed by atoms with Crippen molar-refractivity contribution in [1.82, 2.24) is 4.72 Å². The molecule has 1 aliphatic heterocycles. The molecule has 2 aromatic rings. The molecule has 116 valence electrons. The fourth-order valence-electron chi connectivity index (χ4n) is 2.30. The third kappa shape index (κ3) is 3.02. The van der Waals surface area contributed by atoms with Crippen LogP contribution in [0.25, 0.3) is 0 Å². The Morgan fingerprint density at radius 3 is 2.91 bits per heavy atom. The Bertz CT molecular complexity index is 824. The molecule has 0 aliphatic carbocycles. The Morgan fingerprint density at radius 2 is 2.09 bits per heavy atom. The lowest BCUT2D eigenvalue weighted by molar-refractivity contribution is 0.357. The Labute approximate surface area is 136 Å². The van der Waals surface area contributed by atoms with Gasteiger partial charge in [0, 0.05) is 13.0 Å². The topological polar surface area (TPSA) is 55.4 Å². The molecule has 0 saturated heterocycles. The number of nitrogens with one attached hydrogen (secondary N) is 1. The van der Waals surface area contributed by atoms with Gasteiger partial charge in [0.2, 0.25) is 10.0 Å². The number of halogens is 2. The maximum atomic E-state index is 13.9. The lowest BCUT2D eigenvalue weighted by atomic mass is 10.1. The molecular weight excluding hydrogens is 373 g/mol. The first-order chi connectivity index (χ1) is 10.5. The van der Waals surface area contributed by atoms with Crippen LogP contribution in [0.5, 0.6) is 5.75 Å². The monoisotopic (exact) mass is 385 g/mol. The van der Waals surface area contributed by atoms with E-state index >= 15 is 0 Å². The summed E-state index contributed by atoms with van der Waals surface area (Å²) in [6.45, 7) is 0.745. The van der Waals surface area contributed by atoms with E-state index in [0.29, 0.717) is 6.61 Å². The number of ether oxygens (including phenoxy) is 1. The van der Waals surface area contributed by atoms with E-state index in [2.05, 4.69) is 20.7 Å². The Morgan fingerprint density at radius 1 is 1.27 bits per heavy atom. The van der Waals surface area contributed by atoms with Crippen molar-refractivity contribution in [3.63, 3.8) is 0 Å². The Kier molecular flexibility index (Phi) is 4.20. The maximum absolute atomic E-state index is 13.9. The third-order valence-corrected chi connectivity index (χ3v) is 5.46. The number of sulfonamides is 1. The summed E-state index contributed by atoms with van der Waals surface area (Å²) in [4.78, 5) is -0.369. The van der Waals surface area contributed by atoms with E-state index in [9.17, 15) is 12.8 Å². The minimum Gasteiger partial charge on any atom is -0.493 e. The van der Waals surface area contributed by atoms with Crippen LogP contribution in [-0.2, 0) is 23.0 Å². The van der Waals surface area contributed by atoms with Crippen LogP contribution >= 0.6 is 15.9 Å². The normalized spacial score (nSPS) is 13.7. The standard InChI is InChI=1S/C15H13BrFNO3S/c16-12-2-1-3-14(15(12)17)22(19,20)18-9-10-4-5-13-11(8-10)6-7-21-13/h1-5,8,18H,6-7,9H2. The van der Waals surface area contributed by atoms with Crippen LogP contribution in [-0.4, -0.2) is 15.0 Å². The van der Waals surface area contributed by atoms with Gasteiger partial charge in [-0.2, -0.15) is 0 Å². The summed E-state index contributed by atoms with van der Waals surface area (Å²) in [6, 6.07) is 9.69. The maximum Gasteiger partial charge on any atom is 0.243 e. The van der Waals surface area contributed by atoms with Gasteiger partial charge in [0.1, 0.15) is 10.6 Å². The second-order valence-electron chi connectivity index (χ2n) is 4.92. The smallest absolute Gasteiger partial charge is 0.243 e. The van der Waals surface area contributed by atoms with Crippen LogP contribution in [0, 0.1) is 5.82 Å². The Hall–Kier alpha value is -1.44. The summed E-state index contributed by atoms with van der Waals surface area (Å²) in [5.74, 6) is 0.0435. The second kappa shape index (κ2) is 5.98. The average Bonchev–Trinajstić information content (AvgIpc) is 2.95. The van der Waals surface area contributed by atoms with Crippen LogP contribution < -0.4 is 9.46 Å². The van der Waals surface area contributed by atoms with Gasteiger partial charge in [-0.25, -0.2) is 17.5 Å². The zero-order chi connectivity index (χ0) is 15.7. The SMILES string of the molecule is O=S(=O)(NCc1ccc2c(c1)CCO2)c1cccc(Br)c1F. The number of hydrogen-bond acceptors (Lipinski definition) is 3. The van der Waals surface area contributed by atoms with E-state index in [0.717, 1.165) is 23.3 Å². The van der Waals surface area contributed by atoms with E-state index in [-0.39, 0.29) is 15.9 Å². The van der Waals surface area contributed by atoms with E-state index in [1.165, 1.54) is 18.2 Å². The van der Waals surface area contributed by atoms with Crippen LogP contribution in [0.2, 0.25) is 0 Å². The predicted octanol–water partition coefficient (Wildman–Crippen LogP) is 3.00. The number of benzene rings is 2. The molecule has 0 fully saturated rings. The molecule has 0 aromatic heterocycles. The number of fused-ring (bicyclic) bond motifs is 1. The van der Waals surface area contributed by atoms with Crippen molar-refractivity contribution in [2.45, 2.75) is 17.9 Å². The van der Waals surface area contributed by atoms with Crippen molar-refractivity contribution in [3.8, 4) is 5.75 Å². The quantitative estimate of drug-likeness (QED) is 0.879. The molecule has 0 atom stereocenters. The summed E-state index contributed by atoms with van der Waals surface area (Å²) in [6.07, 6.45) is 0.816. The summed E-state index contributed by atoms with van der Waals surface area (Å²) < 4.78 is 46.3.